The second-order valence-corrected chi connectivity index (χ2v) is 6.26. The van der Waals surface area contributed by atoms with Crippen LogP contribution in [0.1, 0.15) is 10.4 Å². The highest BCUT2D eigenvalue weighted by Gasteiger charge is 2.23. The predicted octanol–water partition coefficient (Wildman–Crippen LogP) is 1.83. The van der Waals surface area contributed by atoms with E-state index in [-0.39, 0.29) is 29.7 Å². The molecule has 3 rings (SSSR count). The normalized spacial score (nSPS) is 14.4. The van der Waals surface area contributed by atoms with Gasteiger partial charge in [0.05, 0.1) is 27.9 Å². The van der Waals surface area contributed by atoms with Crippen LogP contribution in [0.15, 0.2) is 36.4 Å². The first-order valence-corrected chi connectivity index (χ1v) is 9.18. The molecule has 2 aromatic rings. The summed E-state index contributed by atoms with van der Waals surface area (Å²) in [4.78, 5) is 24.5. The van der Waals surface area contributed by atoms with Gasteiger partial charge < -0.3 is 33.7 Å². The van der Waals surface area contributed by atoms with Gasteiger partial charge in [-0.15, -0.1) is 0 Å². The first-order chi connectivity index (χ1) is 14.6. The van der Waals surface area contributed by atoms with Crippen LogP contribution in [-0.4, -0.2) is 59.1 Å². The zero-order valence-electron chi connectivity index (χ0n) is 16.9. The molecule has 0 saturated carbocycles. The average molecular weight is 417 g/mol. The lowest BCUT2D eigenvalue weighted by atomic mass is 10.1. The highest BCUT2D eigenvalue weighted by Crippen LogP contribution is 2.40. The zero-order valence-corrected chi connectivity index (χ0v) is 16.9. The lowest BCUT2D eigenvalue weighted by molar-refractivity contribution is -0.124. The van der Waals surface area contributed by atoms with Crippen molar-refractivity contribution in [3.8, 4) is 28.7 Å². The molecule has 1 N–H and O–H groups in total. The molecule has 1 amide bonds. The Morgan fingerprint density at radius 2 is 1.73 bits per heavy atom. The summed E-state index contributed by atoms with van der Waals surface area (Å²) in [7, 11) is 4.29. The number of esters is 1. The Bertz CT molecular complexity index is 914. The molecule has 1 atom stereocenters. The molecule has 1 aliphatic heterocycles. The van der Waals surface area contributed by atoms with Gasteiger partial charge in [0.1, 0.15) is 18.3 Å². The molecule has 9 nitrogen and oxygen atoms in total. The number of amides is 1. The standard InChI is InChI=1S/C21H23NO8/c1-25-17-9-8-14(19(26-2)20(17)27-3)21(24)29-12-18(23)22-10-13-11-28-15-6-4-5-7-16(15)30-13/h4-9,13H,10-12H2,1-3H3,(H,22,23)/t13-/m1/s1. The number of rotatable bonds is 8. The van der Waals surface area contributed by atoms with Crippen molar-refractivity contribution in [3.05, 3.63) is 42.0 Å². The summed E-state index contributed by atoms with van der Waals surface area (Å²) < 4.78 is 32.1. The molecule has 0 radical (unpaired) electrons. The van der Waals surface area contributed by atoms with Crippen molar-refractivity contribution >= 4 is 11.9 Å². The number of hydrogen-bond donors (Lipinski definition) is 1. The van der Waals surface area contributed by atoms with Crippen LogP contribution in [0.5, 0.6) is 28.7 Å². The minimum atomic E-state index is -0.728. The first-order valence-electron chi connectivity index (χ1n) is 9.18. The number of methoxy groups -OCH3 is 3. The molecule has 1 aliphatic rings. The van der Waals surface area contributed by atoms with Crippen LogP contribution >= 0.6 is 0 Å². The fourth-order valence-electron chi connectivity index (χ4n) is 2.91. The third kappa shape index (κ3) is 4.68. The molecule has 0 saturated heterocycles. The molecule has 0 aliphatic carbocycles. The molecule has 0 unspecified atom stereocenters. The van der Waals surface area contributed by atoms with Gasteiger partial charge in [0.25, 0.3) is 5.91 Å². The van der Waals surface area contributed by atoms with Crippen molar-refractivity contribution in [1.29, 1.82) is 0 Å². The third-order valence-electron chi connectivity index (χ3n) is 4.35. The van der Waals surface area contributed by atoms with E-state index >= 15 is 0 Å². The zero-order chi connectivity index (χ0) is 21.5. The highest BCUT2D eigenvalue weighted by molar-refractivity contribution is 5.95. The van der Waals surface area contributed by atoms with E-state index in [1.54, 1.807) is 12.1 Å². The van der Waals surface area contributed by atoms with Crippen molar-refractivity contribution in [2.45, 2.75) is 6.10 Å². The Morgan fingerprint density at radius 3 is 2.43 bits per heavy atom. The topological polar surface area (TPSA) is 102 Å². The molecule has 9 heteroatoms. The Kier molecular flexibility index (Phi) is 6.84. The van der Waals surface area contributed by atoms with Gasteiger partial charge in [-0.05, 0) is 24.3 Å². The van der Waals surface area contributed by atoms with Gasteiger partial charge in [0.2, 0.25) is 5.75 Å². The monoisotopic (exact) mass is 417 g/mol. The largest absolute Gasteiger partial charge is 0.493 e. The minimum absolute atomic E-state index is 0.114. The van der Waals surface area contributed by atoms with Crippen LogP contribution in [0.4, 0.5) is 0 Å². The van der Waals surface area contributed by atoms with E-state index < -0.39 is 18.5 Å². The first kappa shape index (κ1) is 21.1. The summed E-state index contributed by atoms with van der Waals surface area (Å²) in [6.07, 6.45) is -0.342. The lowest BCUT2D eigenvalue weighted by Crippen LogP contribution is -2.42. The Labute approximate surface area is 173 Å². The smallest absolute Gasteiger partial charge is 0.342 e. The van der Waals surface area contributed by atoms with Gasteiger partial charge in [-0.3, -0.25) is 4.79 Å². The summed E-state index contributed by atoms with van der Waals surface area (Å²) in [6.45, 7) is 0.0603. The van der Waals surface area contributed by atoms with Crippen molar-refractivity contribution in [1.82, 2.24) is 5.32 Å². The van der Waals surface area contributed by atoms with E-state index in [9.17, 15) is 9.59 Å². The van der Waals surface area contributed by atoms with E-state index in [0.717, 1.165) is 0 Å². The molecule has 0 spiro atoms. The number of fused-ring (bicyclic) bond motifs is 1. The van der Waals surface area contributed by atoms with Crippen LogP contribution in [0.25, 0.3) is 0 Å². The van der Waals surface area contributed by atoms with Crippen LogP contribution in [-0.2, 0) is 9.53 Å². The van der Waals surface area contributed by atoms with Crippen LogP contribution in [0, 0.1) is 0 Å². The Hall–Kier alpha value is -3.62. The van der Waals surface area contributed by atoms with Crippen LogP contribution < -0.4 is 29.0 Å². The minimum Gasteiger partial charge on any atom is -0.493 e. The highest BCUT2D eigenvalue weighted by atomic mass is 16.6. The van der Waals surface area contributed by atoms with Crippen molar-refractivity contribution in [3.63, 3.8) is 0 Å². The van der Waals surface area contributed by atoms with Crippen molar-refractivity contribution in [2.75, 3.05) is 41.1 Å². The molecule has 1 heterocycles. The molecule has 30 heavy (non-hydrogen) atoms. The van der Waals surface area contributed by atoms with Crippen LogP contribution in [0.3, 0.4) is 0 Å². The summed E-state index contributed by atoms with van der Waals surface area (Å²) in [6, 6.07) is 10.3. The average Bonchev–Trinajstić information content (AvgIpc) is 2.79. The van der Waals surface area contributed by atoms with Crippen molar-refractivity contribution < 1.29 is 38.0 Å². The second-order valence-electron chi connectivity index (χ2n) is 6.26. The van der Waals surface area contributed by atoms with Gasteiger partial charge in [-0.25, -0.2) is 4.79 Å². The summed E-state index contributed by atoms with van der Waals surface area (Å²) in [5.74, 6) is 0.912. The second kappa shape index (κ2) is 9.73. The summed E-state index contributed by atoms with van der Waals surface area (Å²) in [5, 5.41) is 2.66. The van der Waals surface area contributed by atoms with Gasteiger partial charge in [-0.2, -0.15) is 0 Å². The van der Waals surface area contributed by atoms with E-state index in [1.165, 1.54) is 27.4 Å². The number of para-hydroxylation sites is 2. The number of hydrogen-bond acceptors (Lipinski definition) is 8. The molecule has 160 valence electrons. The van der Waals surface area contributed by atoms with Gasteiger partial charge >= 0.3 is 5.97 Å². The van der Waals surface area contributed by atoms with Crippen molar-refractivity contribution in [2.24, 2.45) is 0 Å². The number of ether oxygens (including phenoxy) is 6. The molecule has 0 fully saturated rings. The number of nitrogens with one attached hydrogen (secondary N) is 1. The maximum absolute atomic E-state index is 12.4. The van der Waals surface area contributed by atoms with E-state index in [1.807, 2.05) is 18.2 Å². The maximum atomic E-state index is 12.4. The maximum Gasteiger partial charge on any atom is 0.342 e. The number of carbonyl (C=O) groups is 2. The SMILES string of the molecule is COc1ccc(C(=O)OCC(=O)NC[C@@H]2COc3ccccc3O2)c(OC)c1OC. The molecule has 0 bridgehead atoms. The quantitative estimate of drug-likeness (QED) is 0.649. The van der Waals surface area contributed by atoms with Gasteiger partial charge in [0, 0.05) is 0 Å². The van der Waals surface area contributed by atoms with E-state index in [4.69, 9.17) is 28.4 Å². The molecular weight excluding hydrogens is 394 g/mol. The molecule has 0 aromatic heterocycles. The van der Waals surface area contributed by atoms with E-state index in [2.05, 4.69) is 5.32 Å². The fraction of sp³-hybridized carbons (Fsp3) is 0.333. The Morgan fingerprint density at radius 1 is 1.00 bits per heavy atom. The molecular formula is C21H23NO8. The van der Waals surface area contributed by atoms with Crippen LogP contribution in [0.2, 0.25) is 0 Å². The fourth-order valence-corrected chi connectivity index (χ4v) is 2.91. The van der Waals surface area contributed by atoms with E-state index in [0.29, 0.717) is 23.9 Å². The van der Waals surface area contributed by atoms with Gasteiger partial charge in [0.15, 0.2) is 29.6 Å². The lowest BCUT2D eigenvalue weighted by Gasteiger charge is -2.26. The Balaban J connectivity index is 1.52. The number of carbonyl (C=O) groups excluding carboxylic acids is 2. The third-order valence-corrected chi connectivity index (χ3v) is 4.35. The van der Waals surface area contributed by atoms with Gasteiger partial charge in [-0.1, -0.05) is 12.1 Å². The summed E-state index contributed by atoms with van der Waals surface area (Å²) >= 11 is 0. The summed E-state index contributed by atoms with van der Waals surface area (Å²) in [5.41, 5.74) is 0.114. The number of benzene rings is 2. The predicted molar refractivity (Wildman–Crippen MR) is 106 cm³/mol. The molecule has 2 aromatic carbocycles.